The molecule has 0 aliphatic rings. The molecule has 0 fully saturated rings. The largest absolute Gasteiger partial charge is 0.398 e. The number of pyridine rings is 1. The topological polar surface area (TPSA) is 82.0 Å². The Kier molecular flexibility index (Phi) is 4.05. The number of nitro benzene ring substituents is 1. The normalized spacial score (nSPS) is 10.9. The number of aryl methyl sites for hydroxylation is 1. The third-order valence-electron chi connectivity index (χ3n) is 4.59. The Hall–Kier alpha value is -3.73. The molecule has 2 N–H and O–H groups in total. The summed E-state index contributed by atoms with van der Waals surface area (Å²) < 4.78 is 0. The van der Waals surface area contributed by atoms with Gasteiger partial charge in [-0.1, -0.05) is 29.8 Å². The first-order valence-corrected chi connectivity index (χ1v) is 8.54. The summed E-state index contributed by atoms with van der Waals surface area (Å²) in [6, 6.07) is 22.3. The van der Waals surface area contributed by atoms with Gasteiger partial charge in [0, 0.05) is 34.3 Å². The molecule has 0 saturated heterocycles. The van der Waals surface area contributed by atoms with Crippen molar-refractivity contribution in [3.05, 3.63) is 88.5 Å². The molecule has 4 rings (SSSR count). The third-order valence-corrected chi connectivity index (χ3v) is 4.59. The summed E-state index contributed by atoms with van der Waals surface area (Å²) in [5.74, 6) is 0. The molecular weight excluding hydrogens is 338 g/mol. The second-order valence-corrected chi connectivity index (χ2v) is 6.47. The van der Waals surface area contributed by atoms with Crippen LogP contribution < -0.4 is 5.73 Å². The fourth-order valence-electron chi connectivity index (χ4n) is 3.21. The lowest BCUT2D eigenvalue weighted by Crippen LogP contribution is -1.94. The highest BCUT2D eigenvalue weighted by molar-refractivity contribution is 5.99. The summed E-state index contributed by atoms with van der Waals surface area (Å²) in [6.45, 7) is 2.04. The number of fused-ring (bicyclic) bond motifs is 1. The van der Waals surface area contributed by atoms with Crippen LogP contribution >= 0.6 is 0 Å². The third kappa shape index (κ3) is 3.11. The van der Waals surface area contributed by atoms with Crippen LogP contribution in [-0.4, -0.2) is 9.91 Å². The minimum Gasteiger partial charge on any atom is -0.398 e. The summed E-state index contributed by atoms with van der Waals surface area (Å²) in [6.07, 6.45) is 0. The molecule has 0 unspecified atom stereocenters. The number of hydrogen-bond donors (Lipinski definition) is 1. The van der Waals surface area contributed by atoms with Gasteiger partial charge in [0.15, 0.2) is 0 Å². The standard InChI is InChI=1S/C22H17N3O2/c1-14-6-11-21-19(12-14)18(17-4-2-3-5-20(17)23)13-22(24-21)15-7-9-16(10-8-15)25(26)27/h2-13H,23H2,1H3. The second-order valence-electron chi connectivity index (χ2n) is 6.47. The van der Waals surface area contributed by atoms with E-state index in [2.05, 4.69) is 6.07 Å². The number of aromatic nitrogens is 1. The highest BCUT2D eigenvalue weighted by Crippen LogP contribution is 2.35. The highest BCUT2D eigenvalue weighted by atomic mass is 16.6. The number of nitrogens with zero attached hydrogens (tertiary/aromatic N) is 2. The van der Waals surface area contributed by atoms with Crippen molar-refractivity contribution in [1.82, 2.24) is 4.98 Å². The van der Waals surface area contributed by atoms with E-state index in [0.717, 1.165) is 38.9 Å². The molecule has 3 aromatic carbocycles. The van der Waals surface area contributed by atoms with Crippen LogP contribution in [0, 0.1) is 17.0 Å². The molecule has 0 amide bonds. The zero-order chi connectivity index (χ0) is 19.0. The van der Waals surface area contributed by atoms with E-state index in [0.29, 0.717) is 5.69 Å². The first-order chi connectivity index (χ1) is 13.0. The number of anilines is 1. The van der Waals surface area contributed by atoms with Gasteiger partial charge in [-0.25, -0.2) is 4.98 Å². The second kappa shape index (κ2) is 6.53. The maximum atomic E-state index is 10.9. The first kappa shape index (κ1) is 16.7. The lowest BCUT2D eigenvalue weighted by atomic mass is 9.96. The quantitative estimate of drug-likeness (QED) is 0.304. The Labute approximate surface area is 156 Å². The van der Waals surface area contributed by atoms with Crippen molar-refractivity contribution in [3.63, 3.8) is 0 Å². The van der Waals surface area contributed by atoms with Crippen molar-refractivity contribution in [2.75, 3.05) is 5.73 Å². The molecule has 0 spiro atoms. The maximum absolute atomic E-state index is 10.9. The number of para-hydroxylation sites is 1. The number of hydrogen-bond acceptors (Lipinski definition) is 4. The molecule has 27 heavy (non-hydrogen) atoms. The minimum atomic E-state index is -0.406. The van der Waals surface area contributed by atoms with Gasteiger partial charge in [0.2, 0.25) is 0 Å². The number of nitrogens with two attached hydrogens (primary N) is 1. The van der Waals surface area contributed by atoms with Gasteiger partial charge in [-0.05, 0) is 48.9 Å². The van der Waals surface area contributed by atoms with Crippen molar-refractivity contribution in [1.29, 1.82) is 0 Å². The number of non-ortho nitro benzene ring substituents is 1. The molecule has 4 aromatic rings. The van der Waals surface area contributed by atoms with E-state index >= 15 is 0 Å². The summed E-state index contributed by atoms with van der Waals surface area (Å²) in [5.41, 5.74) is 12.5. The monoisotopic (exact) mass is 355 g/mol. The van der Waals surface area contributed by atoms with Crippen LogP contribution in [0.5, 0.6) is 0 Å². The fraction of sp³-hybridized carbons (Fsp3) is 0.0455. The van der Waals surface area contributed by atoms with Crippen molar-refractivity contribution in [2.45, 2.75) is 6.92 Å². The van der Waals surface area contributed by atoms with E-state index in [4.69, 9.17) is 10.7 Å². The van der Waals surface area contributed by atoms with Crippen LogP contribution in [0.15, 0.2) is 72.8 Å². The highest BCUT2D eigenvalue weighted by Gasteiger charge is 2.13. The average molecular weight is 355 g/mol. The number of rotatable bonds is 3. The molecule has 5 heteroatoms. The molecule has 0 bridgehead atoms. The fourth-order valence-corrected chi connectivity index (χ4v) is 3.21. The predicted molar refractivity (Wildman–Crippen MR) is 108 cm³/mol. The van der Waals surface area contributed by atoms with E-state index in [1.807, 2.05) is 49.4 Å². The summed E-state index contributed by atoms with van der Waals surface area (Å²) in [5, 5.41) is 11.9. The van der Waals surface area contributed by atoms with Crippen LogP contribution in [-0.2, 0) is 0 Å². The van der Waals surface area contributed by atoms with E-state index < -0.39 is 4.92 Å². The van der Waals surface area contributed by atoms with Crippen LogP contribution in [0.2, 0.25) is 0 Å². The van der Waals surface area contributed by atoms with Gasteiger partial charge in [-0.3, -0.25) is 10.1 Å². The SMILES string of the molecule is Cc1ccc2nc(-c3ccc([N+](=O)[O-])cc3)cc(-c3ccccc3N)c2c1. The van der Waals surface area contributed by atoms with Gasteiger partial charge in [0.25, 0.3) is 5.69 Å². The number of nitrogen functional groups attached to an aromatic ring is 1. The van der Waals surface area contributed by atoms with Crippen molar-refractivity contribution in [3.8, 4) is 22.4 Å². The lowest BCUT2D eigenvalue weighted by molar-refractivity contribution is -0.384. The Bertz CT molecular complexity index is 1170. The van der Waals surface area contributed by atoms with Gasteiger partial charge < -0.3 is 5.73 Å². The van der Waals surface area contributed by atoms with E-state index in [1.165, 1.54) is 12.1 Å². The molecular formula is C22H17N3O2. The van der Waals surface area contributed by atoms with Crippen molar-refractivity contribution in [2.24, 2.45) is 0 Å². The maximum Gasteiger partial charge on any atom is 0.269 e. The average Bonchev–Trinajstić information content (AvgIpc) is 2.68. The van der Waals surface area contributed by atoms with E-state index in [9.17, 15) is 10.1 Å². The molecule has 0 aliphatic carbocycles. The minimum absolute atomic E-state index is 0.0580. The Balaban J connectivity index is 1.97. The van der Waals surface area contributed by atoms with E-state index in [1.54, 1.807) is 12.1 Å². The van der Waals surface area contributed by atoms with Crippen molar-refractivity contribution < 1.29 is 4.92 Å². The zero-order valence-corrected chi connectivity index (χ0v) is 14.7. The molecule has 1 heterocycles. The summed E-state index contributed by atoms with van der Waals surface area (Å²) >= 11 is 0. The predicted octanol–water partition coefficient (Wildman–Crippen LogP) is 5.37. The van der Waals surface area contributed by atoms with Gasteiger partial charge >= 0.3 is 0 Å². The summed E-state index contributed by atoms with van der Waals surface area (Å²) in [7, 11) is 0. The van der Waals surface area contributed by atoms with Crippen LogP contribution in [0.3, 0.4) is 0 Å². The zero-order valence-electron chi connectivity index (χ0n) is 14.7. The lowest BCUT2D eigenvalue weighted by Gasteiger charge is -2.13. The Morgan fingerprint density at radius 1 is 0.926 bits per heavy atom. The van der Waals surface area contributed by atoms with Gasteiger partial charge in [0.1, 0.15) is 0 Å². The van der Waals surface area contributed by atoms with Crippen LogP contribution in [0.1, 0.15) is 5.56 Å². The molecule has 0 saturated carbocycles. The first-order valence-electron chi connectivity index (χ1n) is 8.54. The molecule has 0 aliphatic heterocycles. The molecule has 5 nitrogen and oxygen atoms in total. The Morgan fingerprint density at radius 3 is 2.37 bits per heavy atom. The number of nitro groups is 1. The van der Waals surface area contributed by atoms with Gasteiger partial charge in [-0.15, -0.1) is 0 Å². The van der Waals surface area contributed by atoms with Crippen molar-refractivity contribution >= 4 is 22.3 Å². The molecule has 0 radical (unpaired) electrons. The molecule has 0 atom stereocenters. The molecule has 1 aromatic heterocycles. The van der Waals surface area contributed by atoms with Gasteiger partial charge in [0.05, 0.1) is 16.1 Å². The smallest absolute Gasteiger partial charge is 0.269 e. The van der Waals surface area contributed by atoms with Gasteiger partial charge in [-0.2, -0.15) is 0 Å². The molecule has 132 valence electrons. The summed E-state index contributed by atoms with van der Waals surface area (Å²) in [4.78, 5) is 15.3. The Morgan fingerprint density at radius 2 is 1.67 bits per heavy atom. The van der Waals surface area contributed by atoms with E-state index in [-0.39, 0.29) is 5.69 Å². The number of benzene rings is 3. The van der Waals surface area contributed by atoms with Crippen LogP contribution in [0.4, 0.5) is 11.4 Å². The van der Waals surface area contributed by atoms with Crippen LogP contribution in [0.25, 0.3) is 33.3 Å².